The van der Waals surface area contributed by atoms with Crippen LogP contribution in [0, 0.1) is 5.82 Å². The quantitative estimate of drug-likeness (QED) is 0.834. The molecule has 0 spiro atoms. The van der Waals surface area contributed by atoms with Crippen molar-refractivity contribution >= 4 is 11.9 Å². The number of primary amides is 1. The summed E-state index contributed by atoms with van der Waals surface area (Å²) in [7, 11) is 0. The van der Waals surface area contributed by atoms with Gasteiger partial charge in [0.25, 0.3) is 0 Å². The third-order valence-corrected chi connectivity index (χ3v) is 3.19. The molecule has 0 aliphatic rings. The fourth-order valence-electron chi connectivity index (χ4n) is 1.94. The normalized spacial score (nSPS) is 10.2. The Morgan fingerprint density at radius 1 is 1.05 bits per heavy atom. The highest BCUT2D eigenvalue weighted by Crippen LogP contribution is 2.10. The van der Waals surface area contributed by atoms with Crippen LogP contribution in [0.2, 0.25) is 0 Å². The number of hydrogen-bond donors (Lipinski definition) is 1. The van der Waals surface area contributed by atoms with Crippen LogP contribution in [0.15, 0.2) is 48.5 Å². The topological polar surface area (TPSA) is 69.4 Å². The number of esters is 1. The molecule has 0 aliphatic carbocycles. The van der Waals surface area contributed by atoms with Gasteiger partial charge in [-0.1, -0.05) is 30.3 Å². The molecule has 4 nitrogen and oxygen atoms in total. The molecule has 0 radical (unpaired) electrons. The van der Waals surface area contributed by atoms with Crippen LogP contribution in [0.1, 0.15) is 27.9 Å². The third kappa shape index (κ3) is 4.41. The fraction of sp³-hybridized carbons (Fsp3) is 0.176. The number of nitrogens with two attached hydrogens (primary N) is 1. The second-order valence-corrected chi connectivity index (χ2v) is 4.81. The van der Waals surface area contributed by atoms with Gasteiger partial charge < -0.3 is 10.5 Å². The highest BCUT2D eigenvalue weighted by atomic mass is 19.1. The molecule has 0 unspecified atom stereocenters. The van der Waals surface area contributed by atoms with Gasteiger partial charge in [0.05, 0.1) is 0 Å². The molecule has 1 amide bonds. The summed E-state index contributed by atoms with van der Waals surface area (Å²) in [6.07, 6.45) is 0.409. The molecule has 114 valence electrons. The van der Waals surface area contributed by atoms with Crippen molar-refractivity contribution in [2.45, 2.75) is 19.4 Å². The molecule has 2 aromatic carbocycles. The van der Waals surface area contributed by atoms with E-state index in [1.165, 1.54) is 6.07 Å². The molecule has 0 aliphatic heterocycles. The van der Waals surface area contributed by atoms with Crippen LogP contribution >= 0.6 is 0 Å². The number of hydrogen-bond acceptors (Lipinski definition) is 3. The van der Waals surface area contributed by atoms with E-state index in [1.54, 1.807) is 42.5 Å². The van der Waals surface area contributed by atoms with E-state index in [9.17, 15) is 14.0 Å². The van der Waals surface area contributed by atoms with Gasteiger partial charge in [0.2, 0.25) is 5.91 Å². The first-order valence-corrected chi connectivity index (χ1v) is 6.84. The summed E-state index contributed by atoms with van der Waals surface area (Å²) < 4.78 is 18.5. The summed E-state index contributed by atoms with van der Waals surface area (Å²) in [5.74, 6) is -1.23. The van der Waals surface area contributed by atoms with E-state index in [-0.39, 0.29) is 18.8 Å². The lowest BCUT2D eigenvalue weighted by Gasteiger charge is -2.06. The van der Waals surface area contributed by atoms with Crippen molar-refractivity contribution in [3.8, 4) is 0 Å². The lowest BCUT2D eigenvalue weighted by molar-refractivity contribution is -0.144. The first kappa shape index (κ1) is 15.7. The molecule has 22 heavy (non-hydrogen) atoms. The summed E-state index contributed by atoms with van der Waals surface area (Å²) in [5.41, 5.74) is 6.78. The first-order chi connectivity index (χ1) is 10.6. The number of rotatable bonds is 6. The average molecular weight is 301 g/mol. The maximum absolute atomic E-state index is 13.4. The van der Waals surface area contributed by atoms with Gasteiger partial charge in [-0.15, -0.1) is 0 Å². The summed E-state index contributed by atoms with van der Waals surface area (Å²) >= 11 is 0. The minimum absolute atomic E-state index is 0.106. The number of carbonyl (C=O) groups excluding carboxylic acids is 2. The van der Waals surface area contributed by atoms with E-state index < -0.39 is 11.9 Å². The van der Waals surface area contributed by atoms with Crippen LogP contribution in [-0.2, 0) is 22.6 Å². The van der Waals surface area contributed by atoms with Crippen molar-refractivity contribution in [1.29, 1.82) is 0 Å². The number of benzene rings is 2. The molecule has 0 saturated heterocycles. The molecule has 0 heterocycles. The Morgan fingerprint density at radius 2 is 1.73 bits per heavy atom. The Kier molecular flexibility index (Phi) is 5.25. The predicted octanol–water partition coefficient (Wildman–Crippen LogP) is 2.60. The Labute approximate surface area is 127 Å². The fourth-order valence-corrected chi connectivity index (χ4v) is 1.94. The Balaban J connectivity index is 1.80. The maximum Gasteiger partial charge on any atom is 0.306 e. The molecule has 0 aromatic heterocycles. The van der Waals surface area contributed by atoms with E-state index in [0.29, 0.717) is 17.5 Å². The molecule has 0 saturated carbocycles. The predicted molar refractivity (Wildman–Crippen MR) is 79.5 cm³/mol. The number of aryl methyl sites for hydroxylation is 1. The van der Waals surface area contributed by atoms with Gasteiger partial charge >= 0.3 is 5.97 Å². The van der Waals surface area contributed by atoms with Crippen molar-refractivity contribution in [2.75, 3.05) is 0 Å². The van der Waals surface area contributed by atoms with Crippen LogP contribution in [0.25, 0.3) is 0 Å². The summed E-state index contributed by atoms with van der Waals surface area (Å²) in [6.45, 7) is 0.106. The molecule has 2 N–H and O–H groups in total. The molecule has 2 rings (SSSR count). The van der Waals surface area contributed by atoms with E-state index in [2.05, 4.69) is 0 Å². The first-order valence-electron chi connectivity index (χ1n) is 6.84. The van der Waals surface area contributed by atoms with Gasteiger partial charge in [0, 0.05) is 12.0 Å². The summed E-state index contributed by atoms with van der Waals surface area (Å²) in [4.78, 5) is 22.6. The Bertz CT molecular complexity index is 668. The average Bonchev–Trinajstić information content (AvgIpc) is 2.52. The number of ether oxygens (including phenoxy) is 1. The summed E-state index contributed by atoms with van der Waals surface area (Å²) in [6, 6.07) is 12.8. The van der Waals surface area contributed by atoms with Crippen LogP contribution in [-0.4, -0.2) is 11.9 Å². The van der Waals surface area contributed by atoms with E-state index in [4.69, 9.17) is 10.5 Å². The molecule has 0 bridgehead atoms. The zero-order valence-corrected chi connectivity index (χ0v) is 11.9. The number of halogens is 1. The van der Waals surface area contributed by atoms with Gasteiger partial charge in [-0.3, -0.25) is 9.59 Å². The molecular formula is C17H16FNO3. The Morgan fingerprint density at radius 3 is 2.36 bits per heavy atom. The molecule has 2 aromatic rings. The number of carbonyl (C=O) groups is 2. The summed E-state index contributed by atoms with van der Waals surface area (Å²) in [5, 5.41) is 0. The van der Waals surface area contributed by atoms with Crippen LogP contribution in [0.4, 0.5) is 4.39 Å². The SMILES string of the molecule is NC(=O)c1ccc(COC(=O)CCc2ccccc2F)cc1. The second-order valence-electron chi connectivity index (χ2n) is 4.81. The van der Waals surface area contributed by atoms with Gasteiger partial charge in [0.15, 0.2) is 0 Å². The largest absolute Gasteiger partial charge is 0.461 e. The van der Waals surface area contributed by atoms with Gasteiger partial charge in [0.1, 0.15) is 12.4 Å². The highest BCUT2D eigenvalue weighted by Gasteiger charge is 2.07. The molecule has 0 fully saturated rings. The smallest absolute Gasteiger partial charge is 0.306 e. The van der Waals surface area contributed by atoms with Crippen molar-refractivity contribution in [2.24, 2.45) is 5.73 Å². The maximum atomic E-state index is 13.4. The zero-order chi connectivity index (χ0) is 15.9. The second kappa shape index (κ2) is 7.36. The van der Waals surface area contributed by atoms with Gasteiger partial charge in [-0.2, -0.15) is 0 Å². The van der Waals surface area contributed by atoms with Crippen molar-refractivity contribution in [3.63, 3.8) is 0 Å². The molecule has 0 atom stereocenters. The Hall–Kier alpha value is -2.69. The van der Waals surface area contributed by atoms with Crippen molar-refractivity contribution < 1.29 is 18.7 Å². The minimum atomic E-state index is -0.506. The van der Waals surface area contributed by atoms with Crippen LogP contribution < -0.4 is 5.73 Å². The standard InChI is InChI=1S/C17H16FNO3/c18-15-4-2-1-3-13(15)9-10-16(20)22-11-12-5-7-14(8-6-12)17(19)21/h1-8H,9-11H2,(H2,19,21). The minimum Gasteiger partial charge on any atom is -0.461 e. The van der Waals surface area contributed by atoms with Crippen LogP contribution in [0.3, 0.4) is 0 Å². The van der Waals surface area contributed by atoms with Gasteiger partial charge in [-0.25, -0.2) is 4.39 Å². The molecular weight excluding hydrogens is 285 g/mol. The van der Waals surface area contributed by atoms with E-state index >= 15 is 0 Å². The lowest BCUT2D eigenvalue weighted by Crippen LogP contribution is -2.11. The molecule has 5 heteroatoms. The van der Waals surface area contributed by atoms with E-state index in [1.807, 2.05) is 0 Å². The highest BCUT2D eigenvalue weighted by molar-refractivity contribution is 5.92. The van der Waals surface area contributed by atoms with Gasteiger partial charge in [-0.05, 0) is 35.7 Å². The van der Waals surface area contributed by atoms with Crippen molar-refractivity contribution in [1.82, 2.24) is 0 Å². The number of amides is 1. The van der Waals surface area contributed by atoms with Crippen LogP contribution in [0.5, 0.6) is 0 Å². The lowest BCUT2D eigenvalue weighted by atomic mass is 10.1. The zero-order valence-electron chi connectivity index (χ0n) is 11.9. The monoisotopic (exact) mass is 301 g/mol. The van der Waals surface area contributed by atoms with Crippen molar-refractivity contribution in [3.05, 3.63) is 71.0 Å². The van der Waals surface area contributed by atoms with E-state index in [0.717, 1.165) is 5.56 Å². The third-order valence-electron chi connectivity index (χ3n) is 3.19.